The minimum atomic E-state index is -0.444. The highest BCUT2D eigenvalue weighted by molar-refractivity contribution is 5.93. The number of aliphatic hydroxyl groups excluding tert-OH is 1. The highest BCUT2D eigenvalue weighted by Crippen LogP contribution is 2.66. The van der Waals surface area contributed by atoms with Gasteiger partial charge in [0.15, 0.2) is 11.6 Å². The van der Waals surface area contributed by atoms with Crippen LogP contribution in [0.5, 0.6) is 0 Å². The second-order valence-electron chi connectivity index (χ2n) is 10.2. The normalized spacial score (nSPS) is 43.4. The van der Waals surface area contributed by atoms with Crippen LogP contribution in [-0.2, 0) is 19.1 Å². The summed E-state index contributed by atoms with van der Waals surface area (Å²) in [4.78, 5) is 36.2. The molecule has 158 valence electrons. The summed E-state index contributed by atoms with van der Waals surface area (Å²) in [5.41, 5.74) is 0.583. The molecular formula is C24H32O5. The summed E-state index contributed by atoms with van der Waals surface area (Å²) >= 11 is 0. The largest absolute Gasteiger partial charge is 0.512 e. The van der Waals surface area contributed by atoms with Gasteiger partial charge in [0.25, 0.3) is 0 Å². The number of allylic oxidation sites excluding steroid dienone is 4. The van der Waals surface area contributed by atoms with E-state index in [4.69, 9.17) is 4.74 Å². The van der Waals surface area contributed by atoms with E-state index in [1.807, 2.05) is 19.1 Å². The van der Waals surface area contributed by atoms with Crippen molar-refractivity contribution in [1.82, 2.24) is 0 Å². The van der Waals surface area contributed by atoms with Crippen LogP contribution in [0.3, 0.4) is 0 Å². The van der Waals surface area contributed by atoms with E-state index in [0.29, 0.717) is 17.6 Å². The fourth-order valence-corrected chi connectivity index (χ4v) is 7.27. The Bertz CT molecular complexity index is 823. The van der Waals surface area contributed by atoms with E-state index in [1.165, 1.54) is 12.5 Å². The zero-order valence-electron chi connectivity index (χ0n) is 17.9. The maximum absolute atomic E-state index is 12.8. The molecule has 1 N–H and O–H groups in total. The zero-order valence-corrected chi connectivity index (χ0v) is 17.9. The molecule has 4 aliphatic carbocycles. The lowest BCUT2D eigenvalue weighted by atomic mass is 9.48. The van der Waals surface area contributed by atoms with Crippen molar-refractivity contribution in [2.75, 3.05) is 6.61 Å². The van der Waals surface area contributed by atoms with Gasteiger partial charge in [0.1, 0.15) is 6.61 Å². The van der Waals surface area contributed by atoms with Crippen molar-refractivity contribution in [3.63, 3.8) is 0 Å². The predicted molar refractivity (Wildman–Crippen MR) is 108 cm³/mol. The smallest absolute Gasteiger partial charge is 0.303 e. The van der Waals surface area contributed by atoms with Crippen molar-refractivity contribution in [2.45, 2.75) is 59.8 Å². The number of ether oxygens (including phenoxy) is 1. The third-order valence-corrected chi connectivity index (χ3v) is 8.54. The first kappa shape index (κ1) is 20.4. The lowest BCUT2D eigenvalue weighted by Gasteiger charge is -2.56. The highest BCUT2D eigenvalue weighted by atomic mass is 16.5. The summed E-state index contributed by atoms with van der Waals surface area (Å²) in [6.45, 7) is 7.41. The number of carbonyl (C=O) groups is 3. The van der Waals surface area contributed by atoms with Crippen LogP contribution in [0.1, 0.15) is 59.8 Å². The number of Topliss-reactive ketones (excluding diaryl/α,β-unsaturated/α-hetero) is 1. The van der Waals surface area contributed by atoms with Crippen molar-refractivity contribution in [3.05, 3.63) is 23.5 Å². The molecular weight excluding hydrogens is 368 g/mol. The first-order chi connectivity index (χ1) is 13.6. The Labute approximate surface area is 172 Å². The van der Waals surface area contributed by atoms with Gasteiger partial charge < -0.3 is 9.84 Å². The van der Waals surface area contributed by atoms with Crippen LogP contribution in [0.25, 0.3) is 0 Å². The molecule has 2 fully saturated rings. The van der Waals surface area contributed by atoms with E-state index in [1.54, 1.807) is 0 Å². The van der Waals surface area contributed by atoms with Crippen LogP contribution < -0.4 is 0 Å². The van der Waals surface area contributed by atoms with Gasteiger partial charge in [-0.05, 0) is 61.5 Å². The van der Waals surface area contributed by atoms with Crippen molar-refractivity contribution in [1.29, 1.82) is 0 Å². The van der Waals surface area contributed by atoms with Gasteiger partial charge in [0.05, 0.1) is 5.76 Å². The quantitative estimate of drug-likeness (QED) is 0.719. The molecule has 5 heteroatoms. The lowest BCUT2D eigenvalue weighted by molar-refractivity contribution is -0.148. The van der Waals surface area contributed by atoms with Crippen molar-refractivity contribution in [3.8, 4) is 0 Å². The molecule has 29 heavy (non-hydrogen) atoms. The minimum absolute atomic E-state index is 0.0125. The summed E-state index contributed by atoms with van der Waals surface area (Å²) < 4.78 is 4.97. The molecule has 2 saturated carbocycles. The van der Waals surface area contributed by atoms with E-state index in [9.17, 15) is 19.5 Å². The Balaban J connectivity index is 1.68. The van der Waals surface area contributed by atoms with Crippen molar-refractivity contribution in [2.24, 2.45) is 40.4 Å². The third-order valence-electron chi connectivity index (χ3n) is 8.54. The Morgan fingerprint density at radius 1 is 1.24 bits per heavy atom. The standard InChI is InChI=1S/C24H32O5/c1-13-10-23(3)15(9-19(13)26)5-6-16-17-7-8-18(21(28)12-29-14(2)25)24(17,4)11-20(27)22(16)23/h9,11,13,16-18,22,27H,5-8,10,12H2,1-4H3/t13-,16?,17?,18?,22?,23?,24?/m1/s1. The average Bonchev–Trinajstić information content (AvgIpc) is 2.97. The Morgan fingerprint density at radius 2 is 1.97 bits per heavy atom. The fourth-order valence-electron chi connectivity index (χ4n) is 7.27. The van der Waals surface area contributed by atoms with Gasteiger partial charge >= 0.3 is 5.97 Å². The first-order valence-electron chi connectivity index (χ1n) is 10.9. The van der Waals surface area contributed by atoms with Gasteiger partial charge in [0, 0.05) is 30.1 Å². The van der Waals surface area contributed by atoms with Gasteiger partial charge in [-0.15, -0.1) is 0 Å². The molecule has 4 rings (SSSR count). The van der Waals surface area contributed by atoms with Crippen LogP contribution in [0.2, 0.25) is 0 Å². The topological polar surface area (TPSA) is 80.7 Å². The van der Waals surface area contributed by atoms with Crippen LogP contribution in [0.4, 0.5) is 0 Å². The average molecular weight is 401 g/mol. The van der Waals surface area contributed by atoms with Crippen molar-refractivity contribution < 1.29 is 24.2 Å². The number of esters is 1. The van der Waals surface area contributed by atoms with Gasteiger partial charge in [-0.2, -0.15) is 0 Å². The summed E-state index contributed by atoms with van der Waals surface area (Å²) in [5.74, 6) is 0.482. The van der Waals surface area contributed by atoms with E-state index in [2.05, 4.69) is 13.8 Å². The summed E-state index contributed by atoms with van der Waals surface area (Å²) in [6, 6.07) is 0. The molecule has 0 radical (unpaired) electrons. The maximum Gasteiger partial charge on any atom is 0.303 e. The van der Waals surface area contributed by atoms with Crippen molar-refractivity contribution >= 4 is 17.5 Å². The van der Waals surface area contributed by atoms with Crippen LogP contribution >= 0.6 is 0 Å². The number of fused-ring (bicyclic) bond motifs is 5. The molecule has 7 atom stereocenters. The molecule has 0 aromatic heterocycles. The molecule has 4 aliphatic rings. The van der Waals surface area contributed by atoms with Crippen LogP contribution in [0, 0.1) is 40.4 Å². The lowest BCUT2D eigenvalue weighted by Crippen LogP contribution is -2.51. The number of rotatable bonds is 3. The number of hydrogen-bond acceptors (Lipinski definition) is 5. The number of hydrogen-bond donors (Lipinski definition) is 1. The Morgan fingerprint density at radius 3 is 2.66 bits per heavy atom. The monoisotopic (exact) mass is 400 g/mol. The molecule has 0 heterocycles. The molecule has 0 aromatic rings. The second kappa shape index (κ2) is 6.82. The van der Waals surface area contributed by atoms with E-state index >= 15 is 0 Å². The molecule has 5 nitrogen and oxygen atoms in total. The molecule has 0 saturated heterocycles. The first-order valence-corrected chi connectivity index (χ1v) is 10.9. The second-order valence-corrected chi connectivity index (χ2v) is 10.2. The summed E-state index contributed by atoms with van der Waals surface area (Å²) in [5, 5.41) is 11.2. The SMILES string of the molecule is CC(=O)OCC(=O)C1CCC2C3CCC4=CC(=O)[C@H](C)CC4(C)C3C(O)=CC12C. The maximum atomic E-state index is 12.8. The van der Waals surface area contributed by atoms with E-state index in [-0.39, 0.29) is 41.3 Å². The Kier molecular flexibility index (Phi) is 4.79. The van der Waals surface area contributed by atoms with E-state index in [0.717, 1.165) is 32.1 Å². The van der Waals surface area contributed by atoms with Crippen LogP contribution in [0.15, 0.2) is 23.5 Å². The molecule has 6 unspecified atom stereocenters. The highest BCUT2D eigenvalue weighted by Gasteiger charge is 2.61. The fraction of sp³-hybridized carbons (Fsp3) is 0.708. The van der Waals surface area contributed by atoms with E-state index < -0.39 is 11.4 Å². The number of aliphatic hydroxyl groups is 1. The van der Waals surface area contributed by atoms with Crippen LogP contribution in [-0.4, -0.2) is 29.2 Å². The minimum Gasteiger partial charge on any atom is -0.512 e. The molecule has 0 bridgehead atoms. The molecule has 0 aromatic carbocycles. The van der Waals surface area contributed by atoms with Gasteiger partial charge in [0.2, 0.25) is 0 Å². The molecule has 0 spiro atoms. The summed E-state index contributed by atoms with van der Waals surface area (Å²) in [6.07, 6.45) is 8.10. The summed E-state index contributed by atoms with van der Waals surface area (Å²) in [7, 11) is 0. The van der Waals surface area contributed by atoms with Gasteiger partial charge in [-0.1, -0.05) is 26.3 Å². The van der Waals surface area contributed by atoms with Gasteiger partial charge in [-0.3, -0.25) is 14.4 Å². The third kappa shape index (κ3) is 3.00. The number of carbonyl (C=O) groups excluding carboxylic acids is 3. The zero-order chi connectivity index (χ0) is 21.1. The molecule has 0 amide bonds. The Hall–Kier alpha value is -1.91. The number of ketones is 2. The molecule has 0 aliphatic heterocycles. The predicted octanol–water partition coefficient (Wildman–Crippen LogP) is 4.17. The van der Waals surface area contributed by atoms with Gasteiger partial charge in [-0.25, -0.2) is 0 Å².